The Balaban J connectivity index is 1.92. The summed E-state index contributed by atoms with van der Waals surface area (Å²) < 4.78 is 0.435. The minimum absolute atomic E-state index is 0.435. The third kappa shape index (κ3) is 2.62. The minimum atomic E-state index is 0.435. The van der Waals surface area contributed by atoms with Crippen molar-refractivity contribution in [3.63, 3.8) is 0 Å². The average molecular weight is 223 g/mol. The lowest BCUT2D eigenvalue weighted by molar-refractivity contribution is 0.638. The van der Waals surface area contributed by atoms with Crippen LogP contribution in [0.4, 0.5) is 5.82 Å². The van der Waals surface area contributed by atoms with Crippen LogP contribution in [0.15, 0.2) is 18.6 Å². The molecule has 1 aliphatic rings. The molecule has 1 aliphatic carbocycles. The summed E-state index contributed by atoms with van der Waals surface area (Å²) in [5.74, 6) is 0.935. The molecule has 0 spiro atoms. The first-order valence-electron chi connectivity index (χ1n) is 5.40. The summed E-state index contributed by atoms with van der Waals surface area (Å²) in [5.41, 5.74) is 0. The van der Waals surface area contributed by atoms with Crippen LogP contribution in [0.3, 0.4) is 0 Å². The number of hydrogen-bond acceptors (Lipinski definition) is 4. The van der Waals surface area contributed by atoms with E-state index in [4.69, 9.17) is 0 Å². The first-order chi connectivity index (χ1) is 7.35. The normalized spacial score (nSPS) is 19.0. The summed E-state index contributed by atoms with van der Waals surface area (Å²) in [4.78, 5) is 8.08. The Bertz CT molecular complexity index is 296. The standard InChI is InChI=1S/C11H17N3S/c1-15-11(5-2-3-6-11)8-13-10-4-7-12-9-14-10/h4,7,9H,2-3,5-6,8H2,1H3,(H,12,13,14). The van der Waals surface area contributed by atoms with E-state index in [2.05, 4.69) is 21.5 Å². The number of rotatable bonds is 4. The SMILES string of the molecule is CSC1(CNc2ccncn2)CCCC1. The summed E-state index contributed by atoms with van der Waals surface area (Å²) in [6.45, 7) is 1.02. The van der Waals surface area contributed by atoms with Crippen molar-refractivity contribution in [3.8, 4) is 0 Å². The van der Waals surface area contributed by atoms with Crippen molar-refractivity contribution in [2.75, 3.05) is 18.1 Å². The number of nitrogens with one attached hydrogen (secondary N) is 1. The van der Waals surface area contributed by atoms with Gasteiger partial charge in [-0.3, -0.25) is 0 Å². The maximum absolute atomic E-state index is 4.17. The van der Waals surface area contributed by atoms with E-state index in [-0.39, 0.29) is 0 Å². The number of thioether (sulfide) groups is 1. The molecule has 15 heavy (non-hydrogen) atoms. The highest BCUT2D eigenvalue weighted by Crippen LogP contribution is 2.40. The van der Waals surface area contributed by atoms with Gasteiger partial charge >= 0.3 is 0 Å². The van der Waals surface area contributed by atoms with Gasteiger partial charge in [-0.15, -0.1) is 0 Å². The predicted molar refractivity (Wildman–Crippen MR) is 65.2 cm³/mol. The molecule has 1 fully saturated rings. The van der Waals surface area contributed by atoms with Gasteiger partial charge in [-0.1, -0.05) is 12.8 Å². The van der Waals surface area contributed by atoms with Gasteiger partial charge in [-0.25, -0.2) is 9.97 Å². The van der Waals surface area contributed by atoms with E-state index in [0.29, 0.717) is 4.75 Å². The van der Waals surface area contributed by atoms with Gasteiger partial charge in [0.05, 0.1) is 0 Å². The molecule has 0 aliphatic heterocycles. The van der Waals surface area contributed by atoms with Crippen molar-refractivity contribution in [1.29, 1.82) is 0 Å². The highest BCUT2D eigenvalue weighted by atomic mass is 32.2. The number of aromatic nitrogens is 2. The largest absolute Gasteiger partial charge is 0.369 e. The second-order valence-corrected chi connectivity index (χ2v) is 5.32. The van der Waals surface area contributed by atoms with Gasteiger partial charge in [-0.2, -0.15) is 11.8 Å². The molecule has 1 aromatic rings. The molecule has 0 saturated heterocycles. The van der Waals surface area contributed by atoms with E-state index in [1.54, 1.807) is 12.5 Å². The summed E-state index contributed by atoms with van der Waals surface area (Å²) in [5, 5.41) is 3.41. The van der Waals surface area contributed by atoms with E-state index in [1.165, 1.54) is 25.7 Å². The molecule has 2 rings (SSSR count). The molecule has 3 nitrogen and oxygen atoms in total. The van der Waals surface area contributed by atoms with E-state index < -0.39 is 0 Å². The zero-order valence-electron chi connectivity index (χ0n) is 9.07. The molecule has 1 saturated carbocycles. The van der Waals surface area contributed by atoms with Crippen molar-refractivity contribution >= 4 is 17.6 Å². The minimum Gasteiger partial charge on any atom is -0.369 e. The quantitative estimate of drug-likeness (QED) is 0.851. The molecule has 0 radical (unpaired) electrons. The fraction of sp³-hybridized carbons (Fsp3) is 0.636. The Morgan fingerprint density at radius 1 is 1.47 bits per heavy atom. The van der Waals surface area contributed by atoms with Crippen molar-refractivity contribution in [2.24, 2.45) is 0 Å². The van der Waals surface area contributed by atoms with Crippen LogP contribution in [0.5, 0.6) is 0 Å². The van der Waals surface area contributed by atoms with Gasteiger partial charge < -0.3 is 5.32 Å². The van der Waals surface area contributed by atoms with Gasteiger partial charge in [0.15, 0.2) is 0 Å². The highest BCUT2D eigenvalue weighted by Gasteiger charge is 2.32. The maximum Gasteiger partial charge on any atom is 0.129 e. The predicted octanol–water partition coefficient (Wildman–Crippen LogP) is 2.56. The van der Waals surface area contributed by atoms with Crippen molar-refractivity contribution in [2.45, 2.75) is 30.4 Å². The molecular weight excluding hydrogens is 206 g/mol. The first-order valence-corrected chi connectivity index (χ1v) is 6.62. The molecule has 4 heteroatoms. The van der Waals surface area contributed by atoms with E-state index in [0.717, 1.165) is 12.4 Å². The lowest BCUT2D eigenvalue weighted by Gasteiger charge is -2.27. The summed E-state index contributed by atoms with van der Waals surface area (Å²) in [6, 6.07) is 1.92. The van der Waals surface area contributed by atoms with Crippen molar-refractivity contribution in [1.82, 2.24) is 9.97 Å². The Labute approximate surface area is 95.1 Å². The van der Waals surface area contributed by atoms with Gasteiger partial charge in [0.25, 0.3) is 0 Å². The molecule has 0 amide bonds. The molecular formula is C11H17N3S. The summed E-state index contributed by atoms with van der Waals surface area (Å²) in [6.07, 6.45) is 11.0. The maximum atomic E-state index is 4.17. The van der Waals surface area contributed by atoms with Crippen LogP contribution in [0.1, 0.15) is 25.7 Å². The lowest BCUT2D eigenvalue weighted by Crippen LogP contribution is -2.30. The fourth-order valence-electron chi connectivity index (χ4n) is 2.12. The third-order valence-corrected chi connectivity index (χ3v) is 4.54. The van der Waals surface area contributed by atoms with Crippen molar-refractivity contribution < 1.29 is 0 Å². The monoisotopic (exact) mass is 223 g/mol. The third-order valence-electron chi connectivity index (χ3n) is 3.12. The van der Waals surface area contributed by atoms with Gasteiger partial charge in [-0.05, 0) is 25.2 Å². The Kier molecular flexibility index (Phi) is 3.46. The molecule has 82 valence electrons. The van der Waals surface area contributed by atoms with E-state index >= 15 is 0 Å². The second-order valence-electron chi connectivity index (χ2n) is 4.04. The van der Waals surface area contributed by atoms with Crippen molar-refractivity contribution in [3.05, 3.63) is 18.6 Å². The first kappa shape index (κ1) is 10.7. The number of nitrogens with zero attached hydrogens (tertiary/aromatic N) is 2. The molecule has 0 unspecified atom stereocenters. The summed E-state index contributed by atoms with van der Waals surface area (Å²) >= 11 is 1.99. The second kappa shape index (κ2) is 4.84. The van der Waals surface area contributed by atoms with Crippen LogP contribution in [0.25, 0.3) is 0 Å². The van der Waals surface area contributed by atoms with Gasteiger partial charge in [0.1, 0.15) is 12.1 Å². The molecule has 1 aromatic heterocycles. The Hall–Kier alpha value is -0.770. The zero-order chi connectivity index (χ0) is 10.6. The van der Waals surface area contributed by atoms with E-state index in [1.807, 2.05) is 17.8 Å². The van der Waals surface area contributed by atoms with Gasteiger partial charge in [0, 0.05) is 17.5 Å². The molecule has 0 bridgehead atoms. The van der Waals surface area contributed by atoms with E-state index in [9.17, 15) is 0 Å². The van der Waals surface area contributed by atoms with Crippen LogP contribution in [-0.4, -0.2) is 27.5 Å². The number of anilines is 1. The fourth-order valence-corrected chi connectivity index (χ4v) is 3.03. The van der Waals surface area contributed by atoms with Crippen LogP contribution in [-0.2, 0) is 0 Å². The molecule has 1 N–H and O–H groups in total. The Morgan fingerprint density at radius 3 is 2.87 bits per heavy atom. The lowest BCUT2D eigenvalue weighted by atomic mass is 10.1. The van der Waals surface area contributed by atoms with Crippen LogP contribution in [0, 0.1) is 0 Å². The zero-order valence-corrected chi connectivity index (χ0v) is 9.89. The molecule has 0 atom stereocenters. The van der Waals surface area contributed by atoms with Crippen LogP contribution >= 0.6 is 11.8 Å². The van der Waals surface area contributed by atoms with Gasteiger partial charge in [0.2, 0.25) is 0 Å². The topological polar surface area (TPSA) is 37.8 Å². The molecule has 1 heterocycles. The smallest absolute Gasteiger partial charge is 0.129 e. The highest BCUT2D eigenvalue weighted by molar-refractivity contribution is 8.00. The summed E-state index contributed by atoms with van der Waals surface area (Å²) in [7, 11) is 0. The van der Waals surface area contributed by atoms with Crippen LogP contribution < -0.4 is 5.32 Å². The molecule has 0 aromatic carbocycles. The number of hydrogen-bond donors (Lipinski definition) is 1. The van der Waals surface area contributed by atoms with Crippen LogP contribution in [0.2, 0.25) is 0 Å². The Morgan fingerprint density at radius 2 is 2.27 bits per heavy atom. The average Bonchev–Trinajstić information content (AvgIpc) is 2.77.